The molecule has 10 nitrogen and oxygen atoms in total. The maximum atomic E-state index is 15.2. The highest BCUT2D eigenvalue weighted by Gasteiger charge is 2.42. The molecule has 0 radical (unpaired) electrons. The van der Waals surface area contributed by atoms with E-state index in [1.165, 1.54) is 82.8 Å². The Morgan fingerprint density at radius 1 is 1.00 bits per heavy atom. The van der Waals surface area contributed by atoms with Gasteiger partial charge in [-0.2, -0.15) is 0 Å². The maximum Gasteiger partial charge on any atom is 0.434 e. The second-order valence-electron chi connectivity index (χ2n) is 10.8. The van der Waals surface area contributed by atoms with Crippen LogP contribution in [0.15, 0.2) is 47.4 Å². The number of halogens is 1. The standard InChI is InChI=1S/C26H32FN3O7S/c1-25(2,3)36-23(32)30(24(33)37-26(4,5)6)38(34,35)21-10-8-7-9-17(21)16-11-12-20(18(27)15-16)29-14-13-19(28)22(29)31/h7-12,15,19H,13-14,28H2,1-6H3/t19-/m0/s1. The molecule has 3 amide bonds. The first-order valence-electron chi connectivity index (χ1n) is 11.9. The van der Waals surface area contributed by atoms with Crippen molar-refractivity contribution < 1.29 is 36.7 Å². The SMILES string of the molecule is CC(C)(C)OC(=O)N(C(=O)OC(C)(C)C)S(=O)(=O)c1ccccc1-c1ccc(N2CC[C@H](N)C2=O)c(F)c1. The molecule has 2 aromatic carbocycles. The molecular formula is C26H32FN3O7S. The fourth-order valence-corrected chi connectivity index (χ4v) is 5.12. The van der Waals surface area contributed by atoms with Gasteiger partial charge in [0.25, 0.3) is 10.0 Å². The quantitative estimate of drug-likeness (QED) is 0.592. The van der Waals surface area contributed by atoms with Gasteiger partial charge in [-0.3, -0.25) is 4.79 Å². The van der Waals surface area contributed by atoms with Crippen LogP contribution < -0.4 is 10.6 Å². The lowest BCUT2D eigenvalue weighted by Crippen LogP contribution is -2.46. The number of nitrogens with zero attached hydrogens (tertiary/aromatic N) is 2. The van der Waals surface area contributed by atoms with Crippen molar-refractivity contribution in [1.82, 2.24) is 4.31 Å². The van der Waals surface area contributed by atoms with Gasteiger partial charge in [-0.1, -0.05) is 28.6 Å². The minimum atomic E-state index is -4.90. The number of anilines is 1. The fraction of sp³-hybridized carbons (Fsp3) is 0.423. The number of imide groups is 1. The second kappa shape index (κ2) is 10.3. The Bertz CT molecular complexity index is 1340. The number of nitrogens with two attached hydrogens (primary N) is 1. The van der Waals surface area contributed by atoms with Gasteiger partial charge in [0.05, 0.1) is 16.6 Å². The average molecular weight is 550 g/mol. The lowest BCUT2D eigenvalue weighted by Gasteiger charge is -2.28. The van der Waals surface area contributed by atoms with Crippen molar-refractivity contribution in [3.05, 3.63) is 48.3 Å². The molecule has 1 atom stereocenters. The van der Waals surface area contributed by atoms with Crippen LogP contribution in [0.25, 0.3) is 11.1 Å². The molecule has 0 bridgehead atoms. The minimum absolute atomic E-state index is 0.0103. The summed E-state index contributed by atoms with van der Waals surface area (Å²) < 4.78 is 53.1. The van der Waals surface area contributed by atoms with E-state index in [0.717, 1.165) is 6.07 Å². The van der Waals surface area contributed by atoms with Crippen molar-refractivity contribution in [2.45, 2.75) is 70.1 Å². The van der Waals surface area contributed by atoms with Crippen LogP contribution in [0.2, 0.25) is 0 Å². The van der Waals surface area contributed by atoms with E-state index in [9.17, 15) is 22.8 Å². The summed E-state index contributed by atoms with van der Waals surface area (Å²) in [6.45, 7) is 9.34. The largest absolute Gasteiger partial charge is 0.443 e. The van der Waals surface area contributed by atoms with E-state index in [-0.39, 0.29) is 27.7 Å². The van der Waals surface area contributed by atoms with Gasteiger partial charge in [0.1, 0.15) is 17.0 Å². The third-order valence-corrected chi connectivity index (χ3v) is 7.01. The van der Waals surface area contributed by atoms with Crippen LogP contribution in [0.1, 0.15) is 48.0 Å². The van der Waals surface area contributed by atoms with Gasteiger partial charge >= 0.3 is 12.2 Å². The first-order chi connectivity index (χ1) is 17.4. The Morgan fingerprint density at radius 2 is 1.55 bits per heavy atom. The highest BCUT2D eigenvalue weighted by atomic mass is 32.2. The molecule has 0 saturated carbocycles. The Morgan fingerprint density at radius 3 is 2.03 bits per heavy atom. The van der Waals surface area contributed by atoms with Crippen molar-refractivity contribution in [3.63, 3.8) is 0 Å². The predicted octanol–water partition coefficient (Wildman–Crippen LogP) is 4.42. The van der Waals surface area contributed by atoms with Crippen LogP contribution in [0.4, 0.5) is 19.7 Å². The molecule has 38 heavy (non-hydrogen) atoms. The normalized spacial score (nSPS) is 16.4. The van der Waals surface area contributed by atoms with E-state index < -0.39 is 56.1 Å². The van der Waals surface area contributed by atoms with Gasteiger partial charge in [-0.25, -0.2) is 22.4 Å². The van der Waals surface area contributed by atoms with Crippen LogP contribution in [-0.2, 0) is 24.3 Å². The molecule has 12 heteroatoms. The van der Waals surface area contributed by atoms with E-state index in [1.54, 1.807) is 0 Å². The molecule has 1 heterocycles. The van der Waals surface area contributed by atoms with Crippen LogP contribution >= 0.6 is 0 Å². The number of benzene rings is 2. The summed E-state index contributed by atoms with van der Waals surface area (Å²) in [6, 6.07) is 8.65. The Balaban J connectivity index is 2.10. The summed E-state index contributed by atoms with van der Waals surface area (Å²) in [7, 11) is -4.90. The average Bonchev–Trinajstić information content (AvgIpc) is 3.09. The number of carbonyl (C=O) groups excluding carboxylic acids is 3. The molecule has 206 valence electrons. The lowest BCUT2D eigenvalue weighted by atomic mass is 10.0. The van der Waals surface area contributed by atoms with Crippen LogP contribution in [0.3, 0.4) is 0 Å². The number of sulfonamides is 1. The highest BCUT2D eigenvalue weighted by Crippen LogP contribution is 2.34. The number of amides is 3. The van der Waals surface area contributed by atoms with Gasteiger partial charge in [-0.15, -0.1) is 0 Å². The zero-order valence-electron chi connectivity index (χ0n) is 22.1. The second-order valence-corrected chi connectivity index (χ2v) is 12.5. The molecule has 1 saturated heterocycles. The van der Waals surface area contributed by atoms with Crippen molar-refractivity contribution in [2.24, 2.45) is 5.73 Å². The topological polar surface area (TPSA) is 136 Å². The summed E-state index contributed by atoms with van der Waals surface area (Å²) in [5.74, 6) is -1.18. The molecule has 0 aromatic heterocycles. The summed E-state index contributed by atoms with van der Waals surface area (Å²) in [5, 5.41) is 0. The highest BCUT2D eigenvalue weighted by molar-refractivity contribution is 7.90. The Kier molecular flexibility index (Phi) is 7.90. The van der Waals surface area contributed by atoms with Crippen molar-refractivity contribution in [3.8, 4) is 11.1 Å². The number of ether oxygens (including phenoxy) is 2. The van der Waals surface area contributed by atoms with Crippen LogP contribution in [0, 0.1) is 5.82 Å². The molecule has 1 fully saturated rings. The first kappa shape index (κ1) is 29.1. The summed E-state index contributed by atoms with van der Waals surface area (Å²) in [4.78, 5) is 39.0. The molecule has 1 aliphatic rings. The number of hydrogen-bond donors (Lipinski definition) is 1. The molecule has 0 spiro atoms. The van der Waals surface area contributed by atoms with Crippen molar-refractivity contribution in [2.75, 3.05) is 11.4 Å². The van der Waals surface area contributed by atoms with Gasteiger partial charge in [-0.05, 0) is 71.7 Å². The van der Waals surface area contributed by atoms with Gasteiger partial charge in [0.2, 0.25) is 5.91 Å². The van der Waals surface area contributed by atoms with Gasteiger partial charge in [0, 0.05) is 12.1 Å². The molecule has 2 N–H and O–H groups in total. The Labute approximate surface area is 221 Å². The molecule has 0 unspecified atom stereocenters. The fourth-order valence-electron chi connectivity index (χ4n) is 3.74. The smallest absolute Gasteiger partial charge is 0.434 e. The first-order valence-corrected chi connectivity index (χ1v) is 13.3. The third kappa shape index (κ3) is 6.30. The van der Waals surface area contributed by atoms with E-state index >= 15 is 4.39 Å². The molecule has 0 aliphatic carbocycles. The summed E-state index contributed by atoms with van der Waals surface area (Å²) in [5.41, 5.74) is 3.65. The number of carbonyl (C=O) groups is 3. The summed E-state index contributed by atoms with van der Waals surface area (Å²) in [6.07, 6.45) is -2.52. The van der Waals surface area contributed by atoms with E-state index in [1.807, 2.05) is 0 Å². The van der Waals surface area contributed by atoms with Crippen molar-refractivity contribution in [1.29, 1.82) is 0 Å². The van der Waals surface area contributed by atoms with Crippen molar-refractivity contribution >= 4 is 33.8 Å². The van der Waals surface area contributed by atoms with Crippen LogP contribution in [0.5, 0.6) is 0 Å². The minimum Gasteiger partial charge on any atom is -0.443 e. The predicted molar refractivity (Wildman–Crippen MR) is 138 cm³/mol. The molecule has 2 aromatic rings. The molecule has 1 aliphatic heterocycles. The van der Waals surface area contributed by atoms with Crippen LogP contribution in [-0.4, -0.2) is 54.6 Å². The lowest BCUT2D eigenvalue weighted by molar-refractivity contribution is -0.118. The summed E-state index contributed by atoms with van der Waals surface area (Å²) >= 11 is 0. The molecular weight excluding hydrogens is 517 g/mol. The maximum absolute atomic E-state index is 15.2. The number of rotatable bonds is 4. The van der Waals surface area contributed by atoms with E-state index in [2.05, 4.69) is 0 Å². The number of hydrogen-bond acceptors (Lipinski definition) is 8. The third-order valence-electron chi connectivity index (χ3n) is 5.32. The van der Waals surface area contributed by atoms with E-state index in [0.29, 0.717) is 6.42 Å². The molecule has 3 rings (SSSR count). The van der Waals surface area contributed by atoms with Gasteiger partial charge in [0.15, 0.2) is 0 Å². The Hall–Kier alpha value is -3.51. The van der Waals surface area contributed by atoms with E-state index in [4.69, 9.17) is 15.2 Å². The monoisotopic (exact) mass is 549 g/mol. The zero-order valence-corrected chi connectivity index (χ0v) is 23.0. The van der Waals surface area contributed by atoms with Gasteiger partial charge < -0.3 is 20.1 Å². The zero-order chi connectivity index (χ0) is 28.6.